The number of ether oxygens (including phenoxy) is 1. The van der Waals surface area contributed by atoms with Gasteiger partial charge in [0.2, 0.25) is 0 Å². The number of amides is 2. The van der Waals surface area contributed by atoms with E-state index in [1.54, 1.807) is 18.5 Å². The lowest BCUT2D eigenvalue weighted by molar-refractivity contribution is -0.128. The van der Waals surface area contributed by atoms with Crippen LogP contribution in [0, 0.1) is 11.5 Å². The molecule has 7 heteroatoms. The third-order valence-electron chi connectivity index (χ3n) is 1.96. The molecule has 0 fully saturated rings. The number of hydrogen-bond donors (Lipinski definition) is 1. The van der Waals surface area contributed by atoms with Gasteiger partial charge in [-0.2, -0.15) is 17.0 Å². The van der Waals surface area contributed by atoms with Crippen LogP contribution in [0.25, 0.3) is 0 Å². The minimum Gasteiger partial charge on any atom is -0.449 e. The van der Waals surface area contributed by atoms with Gasteiger partial charge >= 0.3 is 6.09 Å². The van der Waals surface area contributed by atoms with Crippen LogP contribution in [0.2, 0.25) is 0 Å². The van der Waals surface area contributed by atoms with Gasteiger partial charge in [0.1, 0.15) is 6.04 Å². The van der Waals surface area contributed by atoms with E-state index in [1.807, 2.05) is 0 Å². The second-order valence-electron chi connectivity index (χ2n) is 3.36. The van der Waals surface area contributed by atoms with E-state index in [1.165, 1.54) is 18.8 Å². The summed E-state index contributed by atoms with van der Waals surface area (Å²) >= 11 is 1.39. The summed E-state index contributed by atoms with van der Waals surface area (Å²) in [5.74, 6) is -0.0889. The van der Waals surface area contributed by atoms with Gasteiger partial charge in [0.25, 0.3) is 5.91 Å². The molecule has 0 aromatic heterocycles. The average molecular weight is 271 g/mol. The van der Waals surface area contributed by atoms with Crippen molar-refractivity contribution in [2.45, 2.75) is 12.5 Å². The van der Waals surface area contributed by atoms with E-state index in [2.05, 4.69) is 11.9 Å². The number of nitrogens with zero attached hydrogens (tertiary/aromatic N) is 2. The third kappa shape index (κ3) is 6.15. The molecule has 1 unspecified atom stereocenters. The van der Waals surface area contributed by atoms with Gasteiger partial charge in [-0.1, -0.05) is 6.08 Å². The molecule has 0 aliphatic rings. The van der Waals surface area contributed by atoms with Crippen molar-refractivity contribution in [3.05, 3.63) is 12.7 Å². The topological polar surface area (TPSA) is 82.4 Å². The molecule has 0 aromatic rings. The number of likely N-dealkylation sites (N-methyl/N-ethyl adjacent to an activating group) is 1. The molecular weight excluding hydrogens is 254 g/mol. The van der Waals surface area contributed by atoms with Gasteiger partial charge in [0.05, 0.1) is 6.61 Å². The Kier molecular flexibility index (Phi) is 8.49. The summed E-state index contributed by atoms with van der Waals surface area (Å²) in [6, 6.07) is -0.763. The quantitative estimate of drug-likeness (QED) is 0.323. The molecule has 0 radical (unpaired) electrons. The minimum atomic E-state index is -0.763. The summed E-state index contributed by atoms with van der Waals surface area (Å²) in [4.78, 5) is 24.0. The molecule has 100 valence electrons. The van der Waals surface area contributed by atoms with E-state index < -0.39 is 18.0 Å². The second-order valence-corrected chi connectivity index (χ2v) is 4.27. The van der Waals surface area contributed by atoms with Crippen LogP contribution in [0.3, 0.4) is 0 Å². The Morgan fingerprint density at radius 3 is 2.83 bits per heavy atom. The molecule has 0 aliphatic heterocycles. The molecule has 0 aliphatic carbocycles. The highest BCUT2D eigenvalue weighted by Crippen LogP contribution is 2.01. The van der Waals surface area contributed by atoms with Crippen LogP contribution in [-0.2, 0) is 9.53 Å². The molecule has 1 atom stereocenters. The van der Waals surface area contributed by atoms with Crippen molar-refractivity contribution in [2.24, 2.45) is 0 Å². The number of carbonyl (C=O) groups is 2. The van der Waals surface area contributed by atoms with Crippen molar-refractivity contribution in [3.8, 4) is 6.19 Å². The Bertz CT molecular complexity index is 341. The van der Waals surface area contributed by atoms with E-state index in [0.29, 0.717) is 12.2 Å². The van der Waals surface area contributed by atoms with E-state index in [4.69, 9.17) is 10.00 Å². The van der Waals surface area contributed by atoms with Crippen LogP contribution in [0.4, 0.5) is 4.79 Å². The maximum absolute atomic E-state index is 11.7. The Morgan fingerprint density at radius 1 is 1.67 bits per heavy atom. The summed E-state index contributed by atoms with van der Waals surface area (Å²) in [5, 5.41) is 11.1. The summed E-state index contributed by atoms with van der Waals surface area (Å²) in [5.41, 5.74) is 0. The molecule has 0 saturated carbocycles. The second kappa shape index (κ2) is 9.36. The number of nitriles is 1. The summed E-state index contributed by atoms with van der Waals surface area (Å²) in [6.07, 6.45) is 5.01. The largest absolute Gasteiger partial charge is 0.449 e. The van der Waals surface area contributed by atoms with Gasteiger partial charge in [0, 0.05) is 12.8 Å². The van der Waals surface area contributed by atoms with E-state index in [-0.39, 0.29) is 6.61 Å². The molecule has 0 spiro atoms. The van der Waals surface area contributed by atoms with E-state index >= 15 is 0 Å². The molecular formula is C11H17N3O3S. The number of carbonyl (C=O) groups excluding carboxylic acids is 2. The maximum Gasteiger partial charge on any atom is 0.407 e. The van der Waals surface area contributed by atoms with Gasteiger partial charge in [-0.05, 0) is 12.7 Å². The van der Waals surface area contributed by atoms with Gasteiger partial charge in [0.15, 0.2) is 6.19 Å². The number of thioether (sulfide) groups is 1. The maximum atomic E-state index is 11.7. The number of rotatable bonds is 7. The monoisotopic (exact) mass is 271 g/mol. The van der Waals surface area contributed by atoms with Crippen LogP contribution in [0.5, 0.6) is 0 Å². The Hall–Kier alpha value is -1.68. The normalized spacial score (nSPS) is 10.9. The molecule has 0 heterocycles. The van der Waals surface area contributed by atoms with Crippen molar-refractivity contribution >= 4 is 23.8 Å². The van der Waals surface area contributed by atoms with Crippen LogP contribution in [0.15, 0.2) is 12.7 Å². The zero-order chi connectivity index (χ0) is 14.0. The zero-order valence-corrected chi connectivity index (χ0v) is 11.3. The Morgan fingerprint density at radius 2 is 2.33 bits per heavy atom. The van der Waals surface area contributed by atoms with Crippen molar-refractivity contribution in [1.82, 2.24) is 10.2 Å². The van der Waals surface area contributed by atoms with Crippen molar-refractivity contribution in [1.29, 1.82) is 5.26 Å². The van der Waals surface area contributed by atoms with Gasteiger partial charge in [-0.15, -0.1) is 6.58 Å². The summed E-state index contributed by atoms with van der Waals surface area (Å²) < 4.78 is 4.84. The first kappa shape index (κ1) is 16.3. The van der Waals surface area contributed by atoms with Crippen molar-refractivity contribution in [3.63, 3.8) is 0 Å². The van der Waals surface area contributed by atoms with E-state index in [0.717, 1.165) is 4.90 Å². The van der Waals surface area contributed by atoms with Crippen LogP contribution in [0.1, 0.15) is 6.42 Å². The molecule has 0 bridgehead atoms. The predicted octanol–water partition coefficient (Wildman–Crippen LogP) is 0.960. The third-order valence-corrected chi connectivity index (χ3v) is 2.63. The average Bonchev–Trinajstić information content (AvgIpc) is 2.36. The fourth-order valence-electron chi connectivity index (χ4n) is 1.04. The first-order chi connectivity index (χ1) is 8.56. The van der Waals surface area contributed by atoms with Gasteiger partial charge < -0.3 is 10.1 Å². The molecule has 18 heavy (non-hydrogen) atoms. The molecule has 0 aromatic carbocycles. The highest BCUT2D eigenvalue weighted by Gasteiger charge is 2.24. The molecule has 1 N–H and O–H groups in total. The van der Waals surface area contributed by atoms with Crippen molar-refractivity contribution < 1.29 is 14.3 Å². The SMILES string of the molecule is C=CCCOC(=O)NC(CSC)C(=O)N(C)C#N. The zero-order valence-electron chi connectivity index (χ0n) is 10.5. The molecule has 6 nitrogen and oxygen atoms in total. The first-order valence-corrected chi connectivity index (χ1v) is 6.66. The van der Waals surface area contributed by atoms with Crippen LogP contribution in [-0.4, -0.2) is 48.6 Å². The number of nitrogens with one attached hydrogen (secondary N) is 1. The molecule has 0 rings (SSSR count). The van der Waals surface area contributed by atoms with Gasteiger partial charge in [-0.3, -0.25) is 9.69 Å². The fourth-order valence-corrected chi connectivity index (χ4v) is 1.60. The highest BCUT2D eigenvalue weighted by atomic mass is 32.2. The smallest absolute Gasteiger partial charge is 0.407 e. The minimum absolute atomic E-state index is 0.212. The fraction of sp³-hybridized carbons (Fsp3) is 0.545. The highest BCUT2D eigenvalue weighted by molar-refractivity contribution is 7.98. The lowest BCUT2D eigenvalue weighted by Gasteiger charge is -2.18. The van der Waals surface area contributed by atoms with E-state index in [9.17, 15) is 9.59 Å². The molecule has 2 amide bonds. The standard InChI is InChI=1S/C11H17N3O3S/c1-4-5-6-17-11(16)13-9(7-18-3)10(15)14(2)8-12/h4,9H,1,5-7H2,2-3H3,(H,13,16). The Balaban J connectivity index is 4.35. The first-order valence-electron chi connectivity index (χ1n) is 5.27. The lowest BCUT2D eigenvalue weighted by Crippen LogP contribution is -2.47. The number of alkyl carbamates (subject to hydrolysis) is 1. The predicted molar refractivity (Wildman–Crippen MR) is 69.9 cm³/mol. The number of hydrogen-bond acceptors (Lipinski definition) is 5. The summed E-state index contributed by atoms with van der Waals surface area (Å²) in [6.45, 7) is 3.71. The van der Waals surface area contributed by atoms with Gasteiger partial charge in [-0.25, -0.2) is 4.79 Å². The van der Waals surface area contributed by atoms with Crippen LogP contribution < -0.4 is 5.32 Å². The van der Waals surface area contributed by atoms with Crippen LogP contribution >= 0.6 is 11.8 Å². The Labute approximate surface area is 111 Å². The molecule has 0 saturated heterocycles. The summed E-state index contributed by atoms with van der Waals surface area (Å²) in [7, 11) is 1.35. The van der Waals surface area contributed by atoms with Crippen molar-refractivity contribution in [2.75, 3.05) is 25.7 Å². The lowest BCUT2D eigenvalue weighted by atomic mass is 10.3.